The maximum atomic E-state index is 12.0. The highest BCUT2D eigenvalue weighted by molar-refractivity contribution is 5.77. The molecule has 1 heterocycles. The van der Waals surface area contributed by atoms with E-state index in [9.17, 15) is 9.59 Å². The van der Waals surface area contributed by atoms with Crippen LogP contribution in [0.5, 0.6) is 0 Å². The van der Waals surface area contributed by atoms with Gasteiger partial charge >= 0.3 is 12.1 Å². The zero-order valence-electron chi connectivity index (χ0n) is 19.4. The summed E-state index contributed by atoms with van der Waals surface area (Å²) in [6.07, 6.45) is -0.413. The molecule has 28 heavy (non-hydrogen) atoms. The van der Waals surface area contributed by atoms with E-state index in [0.717, 1.165) is 5.56 Å². The van der Waals surface area contributed by atoms with E-state index < -0.39 is 12.1 Å². The normalized spacial score (nSPS) is 14.0. The van der Waals surface area contributed by atoms with Crippen LogP contribution in [0.1, 0.15) is 61.0 Å². The van der Waals surface area contributed by atoms with Crippen molar-refractivity contribution in [1.82, 2.24) is 10.2 Å². The molecule has 1 N–H and O–H groups in total. The van der Waals surface area contributed by atoms with E-state index in [-0.39, 0.29) is 19.1 Å². The number of methoxy groups -OCH3 is 1. The Balaban J connectivity index is -0.000000695. The number of hydrogen-bond acceptors (Lipinski definition) is 5. The molecule has 0 radical (unpaired) electrons. The second-order valence-electron chi connectivity index (χ2n) is 4.52. The quantitative estimate of drug-likeness (QED) is 0.735. The van der Waals surface area contributed by atoms with Gasteiger partial charge in [-0.05, 0) is 5.56 Å². The van der Waals surface area contributed by atoms with Gasteiger partial charge < -0.3 is 19.7 Å². The summed E-state index contributed by atoms with van der Waals surface area (Å²) in [5.74, 6) is -0.370. The lowest BCUT2D eigenvalue weighted by atomic mass is 10.2. The predicted octanol–water partition coefficient (Wildman–Crippen LogP) is 4.87. The van der Waals surface area contributed by atoms with Crippen LogP contribution in [0.2, 0.25) is 0 Å². The monoisotopic (exact) mass is 398 g/mol. The lowest BCUT2D eigenvalue weighted by molar-refractivity contribution is -0.144. The van der Waals surface area contributed by atoms with Gasteiger partial charge in [0.15, 0.2) is 0 Å². The first-order valence-electron chi connectivity index (χ1n) is 10.5. The number of rotatable bonds is 3. The molecule has 1 amide bonds. The number of esters is 1. The summed E-state index contributed by atoms with van der Waals surface area (Å²) in [6, 6.07) is 8.98. The Morgan fingerprint density at radius 1 is 1.00 bits per heavy atom. The molecule has 6 nitrogen and oxygen atoms in total. The van der Waals surface area contributed by atoms with Gasteiger partial charge in [0, 0.05) is 13.1 Å². The van der Waals surface area contributed by atoms with Crippen molar-refractivity contribution in [2.75, 3.05) is 26.7 Å². The molecule has 0 saturated carbocycles. The summed E-state index contributed by atoms with van der Waals surface area (Å²) in [6.45, 7) is 17.5. The van der Waals surface area contributed by atoms with Crippen molar-refractivity contribution in [3.05, 3.63) is 35.9 Å². The van der Waals surface area contributed by atoms with E-state index in [1.807, 2.05) is 85.7 Å². The van der Waals surface area contributed by atoms with Crippen LogP contribution in [0, 0.1) is 0 Å². The topological polar surface area (TPSA) is 67.9 Å². The van der Waals surface area contributed by atoms with Crippen molar-refractivity contribution < 1.29 is 19.1 Å². The molecule has 164 valence electrons. The van der Waals surface area contributed by atoms with E-state index in [2.05, 4.69) is 10.1 Å². The Hall–Kier alpha value is -2.08. The third kappa shape index (κ3) is 13.1. The van der Waals surface area contributed by atoms with Crippen LogP contribution < -0.4 is 5.32 Å². The SMILES string of the molecule is CC.CC.CC.CC.COC(=O)C1CN(C(=O)OCc2ccccc2)CCN1. The number of benzene rings is 1. The number of hydrogen-bond donors (Lipinski definition) is 1. The Labute approximate surface area is 172 Å². The van der Waals surface area contributed by atoms with Crippen LogP contribution in [-0.4, -0.2) is 49.7 Å². The van der Waals surface area contributed by atoms with Gasteiger partial charge in [0.25, 0.3) is 0 Å². The smallest absolute Gasteiger partial charge is 0.410 e. The standard InChI is InChI=1S/C14H18N2O4.4C2H6/c1-19-13(17)12-9-16(8-7-15-12)14(18)20-10-11-5-3-2-4-6-11;4*1-2/h2-6,12,15H,7-10H2,1H3;4*1-2H3. The van der Waals surface area contributed by atoms with Crippen molar-refractivity contribution in [1.29, 1.82) is 0 Å². The summed E-state index contributed by atoms with van der Waals surface area (Å²) in [4.78, 5) is 24.9. The predicted molar refractivity (Wildman–Crippen MR) is 117 cm³/mol. The average Bonchev–Trinajstić information content (AvgIpc) is 2.83. The van der Waals surface area contributed by atoms with Crippen molar-refractivity contribution in [3.8, 4) is 0 Å². The molecule has 1 atom stereocenters. The minimum atomic E-state index is -0.488. The summed E-state index contributed by atoms with van der Waals surface area (Å²) in [5, 5.41) is 3.00. The third-order valence-corrected chi connectivity index (χ3v) is 3.12. The van der Waals surface area contributed by atoms with E-state index in [1.54, 1.807) is 0 Å². The van der Waals surface area contributed by atoms with Gasteiger partial charge in [-0.3, -0.25) is 4.79 Å². The van der Waals surface area contributed by atoms with Gasteiger partial charge in [0.1, 0.15) is 12.6 Å². The number of carbonyl (C=O) groups excluding carboxylic acids is 2. The van der Waals surface area contributed by atoms with Crippen LogP contribution in [0.3, 0.4) is 0 Å². The Bertz CT molecular complexity index is 467. The van der Waals surface area contributed by atoms with Gasteiger partial charge in [-0.15, -0.1) is 0 Å². The fourth-order valence-electron chi connectivity index (χ4n) is 2.03. The van der Waals surface area contributed by atoms with Gasteiger partial charge in [0.05, 0.1) is 13.7 Å². The zero-order chi connectivity index (χ0) is 22.4. The second-order valence-corrected chi connectivity index (χ2v) is 4.52. The molecule has 1 unspecified atom stereocenters. The molecule has 0 aromatic heterocycles. The first-order valence-corrected chi connectivity index (χ1v) is 10.5. The highest BCUT2D eigenvalue weighted by atomic mass is 16.6. The number of carbonyl (C=O) groups is 2. The number of nitrogens with one attached hydrogen (secondary N) is 1. The summed E-state index contributed by atoms with van der Waals surface area (Å²) >= 11 is 0. The van der Waals surface area contributed by atoms with E-state index in [4.69, 9.17) is 4.74 Å². The Morgan fingerprint density at radius 2 is 1.54 bits per heavy atom. The van der Waals surface area contributed by atoms with Crippen LogP contribution in [-0.2, 0) is 20.9 Å². The lowest BCUT2D eigenvalue weighted by Crippen LogP contribution is -2.56. The Kier molecular flexibility index (Phi) is 25.1. The molecule has 1 aromatic carbocycles. The van der Waals surface area contributed by atoms with Crippen LogP contribution in [0.15, 0.2) is 30.3 Å². The first-order chi connectivity index (χ1) is 13.7. The minimum absolute atomic E-state index is 0.229. The Morgan fingerprint density at radius 3 is 2.04 bits per heavy atom. The summed E-state index contributed by atoms with van der Waals surface area (Å²) in [5.41, 5.74) is 0.931. The van der Waals surface area contributed by atoms with Crippen molar-refractivity contribution in [2.24, 2.45) is 0 Å². The van der Waals surface area contributed by atoms with Crippen LogP contribution >= 0.6 is 0 Å². The largest absolute Gasteiger partial charge is 0.468 e. The second kappa shape index (κ2) is 23.0. The molecule has 0 spiro atoms. The molecule has 0 bridgehead atoms. The summed E-state index contributed by atoms with van der Waals surface area (Å²) < 4.78 is 9.90. The molecule has 6 heteroatoms. The van der Waals surface area contributed by atoms with E-state index in [1.165, 1.54) is 12.0 Å². The molecule has 2 rings (SSSR count). The first kappa shape index (κ1) is 30.6. The summed E-state index contributed by atoms with van der Waals surface area (Å²) in [7, 11) is 1.33. The van der Waals surface area contributed by atoms with Gasteiger partial charge in [-0.25, -0.2) is 4.79 Å². The average molecular weight is 399 g/mol. The maximum Gasteiger partial charge on any atom is 0.410 e. The van der Waals surface area contributed by atoms with Crippen molar-refractivity contribution in [3.63, 3.8) is 0 Å². The third-order valence-electron chi connectivity index (χ3n) is 3.12. The molecule has 1 aliphatic rings. The molecule has 1 aromatic rings. The van der Waals surface area contributed by atoms with E-state index >= 15 is 0 Å². The van der Waals surface area contributed by atoms with Crippen molar-refractivity contribution in [2.45, 2.75) is 68.0 Å². The number of amides is 1. The van der Waals surface area contributed by atoms with Gasteiger partial charge in [0.2, 0.25) is 0 Å². The highest BCUT2D eigenvalue weighted by Crippen LogP contribution is 2.06. The molecule has 0 aliphatic carbocycles. The lowest BCUT2D eigenvalue weighted by Gasteiger charge is -2.31. The number of piperazine rings is 1. The highest BCUT2D eigenvalue weighted by Gasteiger charge is 2.29. The van der Waals surface area contributed by atoms with Crippen molar-refractivity contribution >= 4 is 12.1 Å². The van der Waals surface area contributed by atoms with Crippen LogP contribution in [0.25, 0.3) is 0 Å². The van der Waals surface area contributed by atoms with Gasteiger partial charge in [-0.2, -0.15) is 0 Å². The van der Waals surface area contributed by atoms with Crippen LogP contribution in [0.4, 0.5) is 4.79 Å². The zero-order valence-corrected chi connectivity index (χ0v) is 19.4. The molecule has 1 aliphatic heterocycles. The fraction of sp³-hybridized carbons (Fsp3) is 0.636. The molecule has 1 fully saturated rings. The minimum Gasteiger partial charge on any atom is -0.468 e. The van der Waals surface area contributed by atoms with E-state index in [0.29, 0.717) is 13.1 Å². The number of nitrogens with zero attached hydrogens (tertiary/aromatic N) is 1. The molecular weight excluding hydrogens is 356 g/mol. The fourth-order valence-corrected chi connectivity index (χ4v) is 2.03. The molecular formula is C22H42N2O4. The molecule has 1 saturated heterocycles. The van der Waals surface area contributed by atoms with Gasteiger partial charge in [-0.1, -0.05) is 85.7 Å². The number of ether oxygens (including phenoxy) is 2. The maximum absolute atomic E-state index is 12.0.